The third-order valence-corrected chi connectivity index (χ3v) is 5.96. The van der Waals surface area contributed by atoms with Crippen molar-refractivity contribution in [3.63, 3.8) is 0 Å². The van der Waals surface area contributed by atoms with Crippen LogP contribution in [0.4, 0.5) is 27.8 Å². The summed E-state index contributed by atoms with van der Waals surface area (Å²) in [5.74, 6) is -7.67. The molecule has 0 aliphatic carbocycles. The molecule has 1 aliphatic heterocycles. The van der Waals surface area contributed by atoms with Crippen LogP contribution in [-0.4, -0.2) is 33.7 Å². The van der Waals surface area contributed by atoms with Gasteiger partial charge in [0, 0.05) is 36.9 Å². The van der Waals surface area contributed by atoms with Crippen molar-refractivity contribution in [2.75, 3.05) is 18.8 Å². The molecule has 12 heteroatoms. The van der Waals surface area contributed by atoms with Crippen LogP contribution in [0.2, 0.25) is 0 Å². The number of nitrogens with zero attached hydrogens (tertiary/aromatic N) is 3. The molecule has 1 fully saturated rings. The quantitative estimate of drug-likeness (QED) is 0.212. The number of nitrogen functional groups attached to an aromatic ring is 1. The van der Waals surface area contributed by atoms with Crippen molar-refractivity contribution in [3.8, 4) is 35.1 Å². The van der Waals surface area contributed by atoms with Crippen molar-refractivity contribution in [2.24, 2.45) is 5.73 Å². The van der Waals surface area contributed by atoms with Crippen molar-refractivity contribution in [1.29, 1.82) is 0 Å². The third kappa shape index (κ3) is 4.66. The van der Waals surface area contributed by atoms with E-state index in [1.54, 1.807) is 4.90 Å². The zero-order valence-corrected chi connectivity index (χ0v) is 19.6. The Kier molecular flexibility index (Phi) is 7.12. The largest absolute Gasteiger partial charge is 0.451 e. The molecule has 1 saturated heterocycles. The van der Waals surface area contributed by atoms with Crippen LogP contribution >= 0.6 is 0 Å². The van der Waals surface area contributed by atoms with Gasteiger partial charge in [-0.3, -0.25) is 4.79 Å². The number of likely N-dealkylation sites (tertiary alicyclic amines) is 1. The van der Waals surface area contributed by atoms with E-state index in [2.05, 4.69) is 17.6 Å². The number of anilines is 1. The van der Waals surface area contributed by atoms with E-state index < -0.39 is 40.6 Å². The fourth-order valence-corrected chi connectivity index (χ4v) is 4.14. The lowest BCUT2D eigenvalue weighted by atomic mass is 10.0. The highest BCUT2D eigenvalue weighted by Crippen LogP contribution is 2.38. The average Bonchev–Trinajstić information content (AvgIpc) is 3.50. The molecule has 4 N–H and O–H groups in total. The molecule has 38 heavy (non-hydrogen) atoms. The third-order valence-electron chi connectivity index (χ3n) is 5.96. The molecule has 0 bridgehead atoms. The number of benzene rings is 2. The van der Waals surface area contributed by atoms with Gasteiger partial charge in [-0.2, -0.15) is 13.9 Å². The monoisotopic (exact) mass is 529 g/mol. The number of carbonyl (C=O) groups is 1. The van der Waals surface area contributed by atoms with Gasteiger partial charge in [0.05, 0.1) is 17.3 Å². The van der Waals surface area contributed by atoms with E-state index in [0.29, 0.717) is 13.0 Å². The van der Waals surface area contributed by atoms with Crippen molar-refractivity contribution in [1.82, 2.24) is 14.7 Å². The lowest BCUT2D eigenvalue weighted by Gasteiger charge is -2.15. The second kappa shape index (κ2) is 10.3. The summed E-state index contributed by atoms with van der Waals surface area (Å²) in [4.78, 5) is 13.6. The highest BCUT2D eigenvalue weighted by Gasteiger charge is 2.31. The SMILES string of the molecule is C#C/C=C(/N)c1c(-c2ccc(Oc3c(F)c(F)cc(F)c3F)cc2F)nn([C@@H]2CCN(C(=O)C=C)C2)c1N. The van der Waals surface area contributed by atoms with Gasteiger partial charge in [-0.25, -0.2) is 17.9 Å². The molecule has 2 heterocycles. The minimum Gasteiger partial charge on any atom is -0.451 e. The van der Waals surface area contributed by atoms with Crippen LogP contribution in [0.3, 0.4) is 0 Å². The molecule has 7 nitrogen and oxygen atoms in total. The number of carbonyl (C=O) groups excluding carboxylic acids is 1. The van der Waals surface area contributed by atoms with Crippen LogP contribution in [0, 0.1) is 41.4 Å². The number of terminal acetylenes is 1. The van der Waals surface area contributed by atoms with Gasteiger partial charge in [-0.05, 0) is 24.6 Å². The number of hydrogen-bond donors (Lipinski definition) is 2. The van der Waals surface area contributed by atoms with Gasteiger partial charge < -0.3 is 21.1 Å². The smallest absolute Gasteiger partial charge is 0.246 e. The molecule has 0 saturated carbocycles. The van der Waals surface area contributed by atoms with Crippen LogP contribution < -0.4 is 16.2 Å². The minimum absolute atomic E-state index is 0.00166. The zero-order chi connectivity index (χ0) is 27.7. The first-order chi connectivity index (χ1) is 18.1. The molecule has 4 rings (SSSR count). The summed E-state index contributed by atoms with van der Waals surface area (Å²) < 4.78 is 76.6. The first kappa shape index (κ1) is 26.3. The predicted molar refractivity (Wildman–Crippen MR) is 130 cm³/mol. The molecular weight excluding hydrogens is 509 g/mol. The maximum atomic E-state index is 15.3. The second-order valence-corrected chi connectivity index (χ2v) is 8.29. The number of hydrogen-bond acceptors (Lipinski definition) is 5. The van der Waals surface area contributed by atoms with Crippen molar-refractivity contribution >= 4 is 17.4 Å². The maximum Gasteiger partial charge on any atom is 0.246 e. The number of aromatic nitrogens is 2. The summed E-state index contributed by atoms with van der Waals surface area (Å²) in [5.41, 5.74) is 12.5. The molecule has 0 spiro atoms. The summed E-state index contributed by atoms with van der Waals surface area (Å²) >= 11 is 0. The minimum atomic E-state index is -1.78. The Balaban J connectivity index is 1.75. The summed E-state index contributed by atoms with van der Waals surface area (Å²) in [6.45, 7) is 4.16. The molecule has 1 amide bonds. The van der Waals surface area contributed by atoms with E-state index in [4.69, 9.17) is 22.6 Å². The first-order valence-corrected chi connectivity index (χ1v) is 11.1. The second-order valence-electron chi connectivity index (χ2n) is 8.29. The Morgan fingerprint density at radius 1 is 1.16 bits per heavy atom. The van der Waals surface area contributed by atoms with Gasteiger partial charge in [-0.15, -0.1) is 6.42 Å². The predicted octanol–water partition coefficient (Wildman–Crippen LogP) is 4.51. The number of ether oxygens (including phenoxy) is 1. The van der Waals surface area contributed by atoms with Crippen LogP contribution in [0.15, 0.2) is 43.0 Å². The van der Waals surface area contributed by atoms with Crippen LogP contribution in [0.1, 0.15) is 18.0 Å². The Labute approximate surface area is 213 Å². The van der Waals surface area contributed by atoms with E-state index >= 15 is 4.39 Å². The van der Waals surface area contributed by atoms with Crippen LogP contribution in [-0.2, 0) is 4.79 Å². The Hall–Kier alpha value is -4.79. The fraction of sp³-hybridized carbons (Fsp3) is 0.154. The van der Waals surface area contributed by atoms with Gasteiger partial charge in [0.25, 0.3) is 0 Å². The highest BCUT2D eigenvalue weighted by molar-refractivity contribution is 5.87. The molecular formula is C26H20F5N5O2. The zero-order valence-electron chi connectivity index (χ0n) is 19.6. The van der Waals surface area contributed by atoms with E-state index in [9.17, 15) is 22.4 Å². The molecule has 3 aromatic rings. The van der Waals surface area contributed by atoms with Gasteiger partial charge in [0.2, 0.25) is 23.3 Å². The molecule has 2 aromatic carbocycles. The van der Waals surface area contributed by atoms with Gasteiger partial charge in [0.15, 0.2) is 11.6 Å². The van der Waals surface area contributed by atoms with Crippen molar-refractivity contribution in [3.05, 3.63) is 77.6 Å². The van der Waals surface area contributed by atoms with Crippen LogP contribution in [0.5, 0.6) is 11.5 Å². The normalized spacial score (nSPS) is 15.4. The number of amides is 1. The van der Waals surface area contributed by atoms with Crippen LogP contribution in [0.25, 0.3) is 17.0 Å². The summed E-state index contributed by atoms with van der Waals surface area (Å²) in [6.07, 6.45) is 8.24. The number of halogens is 5. The van der Waals surface area contributed by atoms with Gasteiger partial charge in [-0.1, -0.05) is 12.5 Å². The van der Waals surface area contributed by atoms with Crippen molar-refractivity contribution in [2.45, 2.75) is 12.5 Å². The topological polar surface area (TPSA) is 99.4 Å². The fourth-order valence-electron chi connectivity index (χ4n) is 4.14. The molecule has 196 valence electrons. The molecule has 0 unspecified atom stereocenters. The highest BCUT2D eigenvalue weighted by atomic mass is 19.2. The molecule has 1 atom stereocenters. The Morgan fingerprint density at radius 2 is 1.84 bits per heavy atom. The summed E-state index contributed by atoms with van der Waals surface area (Å²) in [7, 11) is 0. The lowest BCUT2D eigenvalue weighted by molar-refractivity contribution is -0.125. The molecule has 1 aromatic heterocycles. The number of allylic oxidation sites excluding steroid dienone is 1. The summed E-state index contributed by atoms with van der Waals surface area (Å²) in [5, 5.41) is 4.45. The number of rotatable bonds is 6. The lowest BCUT2D eigenvalue weighted by Crippen LogP contribution is -2.27. The standard InChI is InChI=1S/C26H20F5N5O2/c1-3-5-19(32)21-24(34-36(26(21)33)13-8-9-35(12-13)20(37)4-2)15-7-6-14(10-16(15)27)38-25-22(30)17(28)11-18(29)23(25)31/h1,4-7,10-11,13H,2,8-9,12,32-33H2/b19-5+/t13-/m1/s1. The van der Waals surface area contributed by atoms with E-state index in [-0.39, 0.29) is 52.9 Å². The van der Waals surface area contributed by atoms with E-state index in [1.807, 2.05) is 0 Å². The Bertz CT molecular complexity index is 1500. The molecule has 1 aliphatic rings. The van der Waals surface area contributed by atoms with Gasteiger partial charge >= 0.3 is 0 Å². The van der Waals surface area contributed by atoms with E-state index in [0.717, 1.165) is 18.2 Å². The first-order valence-electron chi connectivity index (χ1n) is 11.1. The molecule has 0 radical (unpaired) electrons. The van der Waals surface area contributed by atoms with E-state index in [1.165, 1.54) is 16.8 Å². The van der Waals surface area contributed by atoms with Crippen molar-refractivity contribution < 1.29 is 31.5 Å². The summed E-state index contributed by atoms with van der Waals surface area (Å²) in [6, 6.07) is 2.69. The maximum absolute atomic E-state index is 15.3. The Morgan fingerprint density at radius 3 is 2.45 bits per heavy atom. The average molecular weight is 529 g/mol. The number of nitrogens with two attached hydrogens (primary N) is 2. The van der Waals surface area contributed by atoms with Gasteiger partial charge in [0.1, 0.15) is 23.1 Å².